The van der Waals surface area contributed by atoms with Crippen molar-refractivity contribution in [2.24, 2.45) is 0 Å². The number of amides is 1. The molecule has 2 heterocycles. The summed E-state index contributed by atoms with van der Waals surface area (Å²) in [6.45, 7) is 4.82. The molecule has 1 atom stereocenters. The zero-order chi connectivity index (χ0) is 16.9. The molecule has 24 heavy (non-hydrogen) atoms. The topological polar surface area (TPSA) is 88.0 Å². The Morgan fingerprint density at radius 2 is 2.12 bits per heavy atom. The number of piperazine rings is 1. The van der Waals surface area contributed by atoms with Gasteiger partial charge in [-0.25, -0.2) is 0 Å². The first-order valence-corrected chi connectivity index (χ1v) is 8.23. The summed E-state index contributed by atoms with van der Waals surface area (Å²) < 4.78 is 5.58. The molecule has 8 heteroatoms. The number of nitro benzene ring substituents is 1. The maximum Gasteiger partial charge on any atom is 0.271 e. The van der Waals surface area contributed by atoms with E-state index in [1.54, 1.807) is 12.1 Å². The third-order valence-corrected chi connectivity index (χ3v) is 4.44. The van der Waals surface area contributed by atoms with Crippen LogP contribution in [0.5, 0.6) is 0 Å². The average Bonchev–Trinajstić information content (AvgIpc) is 2.63. The van der Waals surface area contributed by atoms with E-state index in [0.29, 0.717) is 39.2 Å². The average molecular weight is 334 g/mol. The summed E-state index contributed by atoms with van der Waals surface area (Å²) in [5.41, 5.74) is 0.920. The molecule has 2 aliphatic heterocycles. The van der Waals surface area contributed by atoms with Gasteiger partial charge in [-0.1, -0.05) is 6.07 Å². The zero-order valence-electron chi connectivity index (χ0n) is 13.5. The van der Waals surface area contributed by atoms with Crippen LogP contribution in [0.1, 0.15) is 6.42 Å². The van der Waals surface area contributed by atoms with Crippen molar-refractivity contribution in [1.29, 1.82) is 0 Å². The number of hydrogen-bond acceptors (Lipinski definition) is 6. The van der Waals surface area contributed by atoms with Gasteiger partial charge < -0.3 is 19.9 Å². The molecule has 1 amide bonds. The third kappa shape index (κ3) is 4.01. The molecule has 0 radical (unpaired) electrons. The van der Waals surface area contributed by atoms with E-state index in [2.05, 4.69) is 10.2 Å². The molecule has 3 rings (SSSR count). The van der Waals surface area contributed by atoms with E-state index in [-0.39, 0.29) is 22.6 Å². The Morgan fingerprint density at radius 3 is 2.79 bits per heavy atom. The van der Waals surface area contributed by atoms with Crippen molar-refractivity contribution >= 4 is 17.3 Å². The van der Waals surface area contributed by atoms with E-state index in [1.165, 1.54) is 6.07 Å². The molecular formula is C16H22N4O4. The van der Waals surface area contributed by atoms with E-state index >= 15 is 0 Å². The van der Waals surface area contributed by atoms with E-state index < -0.39 is 0 Å². The zero-order valence-corrected chi connectivity index (χ0v) is 13.5. The lowest BCUT2D eigenvalue weighted by atomic mass is 10.1. The van der Waals surface area contributed by atoms with Crippen molar-refractivity contribution < 1.29 is 14.5 Å². The number of benzene rings is 1. The van der Waals surface area contributed by atoms with Crippen LogP contribution in [0, 0.1) is 10.1 Å². The number of nitrogens with zero attached hydrogens (tertiary/aromatic N) is 3. The molecule has 0 saturated carbocycles. The fraction of sp³-hybridized carbons (Fsp3) is 0.562. The molecule has 1 unspecified atom stereocenters. The summed E-state index contributed by atoms with van der Waals surface area (Å²) in [4.78, 5) is 26.8. The van der Waals surface area contributed by atoms with Crippen LogP contribution in [0.3, 0.4) is 0 Å². The highest BCUT2D eigenvalue weighted by Crippen LogP contribution is 2.22. The van der Waals surface area contributed by atoms with Crippen LogP contribution in [-0.4, -0.2) is 67.7 Å². The Bertz CT molecular complexity index is 595. The van der Waals surface area contributed by atoms with Gasteiger partial charge in [-0.2, -0.15) is 0 Å². The lowest BCUT2D eigenvalue weighted by molar-refractivity contribution is -0.384. The monoisotopic (exact) mass is 334 g/mol. The van der Waals surface area contributed by atoms with Crippen LogP contribution >= 0.6 is 0 Å². The third-order valence-electron chi connectivity index (χ3n) is 4.44. The Labute approximate surface area is 140 Å². The van der Waals surface area contributed by atoms with Crippen molar-refractivity contribution in [3.63, 3.8) is 0 Å². The van der Waals surface area contributed by atoms with Crippen molar-refractivity contribution in [3.8, 4) is 0 Å². The number of hydrogen-bond donors (Lipinski definition) is 1. The van der Waals surface area contributed by atoms with Gasteiger partial charge in [0.1, 0.15) is 0 Å². The molecule has 2 saturated heterocycles. The molecule has 0 bridgehead atoms. The number of nitro groups is 1. The molecule has 0 spiro atoms. The Hall–Kier alpha value is -2.19. The number of anilines is 1. The summed E-state index contributed by atoms with van der Waals surface area (Å²) in [5.74, 6) is 0.113. The molecule has 2 fully saturated rings. The van der Waals surface area contributed by atoms with Gasteiger partial charge in [0, 0.05) is 57.1 Å². The first kappa shape index (κ1) is 16.7. The number of carbonyl (C=O) groups is 1. The summed E-state index contributed by atoms with van der Waals surface area (Å²) in [6, 6.07) is 6.63. The standard InChI is InChI=1S/C16H22N4O4/c21-16(11-15-12-17-4-9-24-15)19-7-5-18(6-8-19)13-2-1-3-14(10-13)20(22)23/h1-3,10,15,17H,4-9,11-12H2. The predicted molar refractivity (Wildman–Crippen MR) is 89.1 cm³/mol. The van der Waals surface area contributed by atoms with Gasteiger partial charge in [0.2, 0.25) is 5.91 Å². The number of rotatable bonds is 4. The van der Waals surface area contributed by atoms with Crippen molar-refractivity contribution in [1.82, 2.24) is 10.2 Å². The highest BCUT2D eigenvalue weighted by atomic mass is 16.6. The van der Waals surface area contributed by atoms with Crippen LogP contribution in [0.4, 0.5) is 11.4 Å². The van der Waals surface area contributed by atoms with E-state index in [0.717, 1.165) is 18.8 Å². The second-order valence-electron chi connectivity index (χ2n) is 6.05. The predicted octanol–water partition coefficient (Wildman–Crippen LogP) is 0.622. The molecule has 0 aromatic heterocycles. The first-order chi connectivity index (χ1) is 11.6. The van der Waals surface area contributed by atoms with Crippen molar-refractivity contribution in [3.05, 3.63) is 34.4 Å². The quantitative estimate of drug-likeness (QED) is 0.642. The minimum Gasteiger partial charge on any atom is -0.375 e. The van der Waals surface area contributed by atoms with E-state index in [1.807, 2.05) is 11.0 Å². The SMILES string of the molecule is O=C(CC1CNCCO1)N1CCN(c2cccc([N+](=O)[O-])c2)CC1. The fourth-order valence-electron chi connectivity index (χ4n) is 3.09. The second-order valence-corrected chi connectivity index (χ2v) is 6.05. The maximum absolute atomic E-state index is 12.4. The lowest BCUT2D eigenvalue weighted by Gasteiger charge is -2.36. The number of morpholine rings is 1. The van der Waals surface area contributed by atoms with Crippen LogP contribution in [0.15, 0.2) is 24.3 Å². The molecule has 2 aliphatic rings. The summed E-state index contributed by atoms with van der Waals surface area (Å²) in [7, 11) is 0. The summed E-state index contributed by atoms with van der Waals surface area (Å²) >= 11 is 0. The smallest absolute Gasteiger partial charge is 0.271 e. The van der Waals surface area contributed by atoms with Gasteiger partial charge in [0.15, 0.2) is 0 Å². The number of non-ortho nitro benzene ring substituents is 1. The number of ether oxygens (including phenoxy) is 1. The Morgan fingerprint density at radius 1 is 1.33 bits per heavy atom. The van der Waals surface area contributed by atoms with Crippen LogP contribution < -0.4 is 10.2 Å². The summed E-state index contributed by atoms with van der Waals surface area (Å²) in [5, 5.41) is 14.1. The molecule has 1 N–H and O–H groups in total. The van der Waals surface area contributed by atoms with Crippen LogP contribution in [0.25, 0.3) is 0 Å². The highest BCUT2D eigenvalue weighted by Gasteiger charge is 2.25. The van der Waals surface area contributed by atoms with Gasteiger partial charge in [-0.3, -0.25) is 14.9 Å². The minimum atomic E-state index is -0.387. The highest BCUT2D eigenvalue weighted by molar-refractivity contribution is 5.77. The fourth-order valence-corrected chi connectivity index (χ4v) is 3.09. The van der Waals surface area contributed by atoms with Crippen molar-refractivity contribution in [2.75, 3.05) is 50.8 Å². The molecular weight excluding hydrogens is 312 g/mol. The van der Waals surface area contributed by atoms with Crippen LogP contribution in [0.2, 0.25) is 0 Å². The number of nitrogens with one attached hydrogen (secondary N) is 1. The van der Waals surface area contributed by atoms with E-state index in [4.69, 9.17) is 4.74 Å². The molecule has 130 valence electrons. The van der Waals surface area contributed by atoms with Crippen LogP contribution in [-0.2, 0) is 9.53 Å². The van der Waals surface area contributed by atoms with E-state index in [9.17, 15) is 14.9 Å². The maximum atomic E-state index is 12.4. The van der Waals surface area contributed by atoms with Gasteiger partial charge in [0.25, 0.3) is 5.69 Å². The normalized spacial score (nSPS) is 21.6. The van der Waals surface area contributed by atoms with Gasteiger partial charge in [0.05, 0.1) is 24.1 Å². The minimum absolute atomic E-state index is 0.0407. The number of carbonyl (C=O) groups excluding carboxylic acids is 1. The second kappa shape index (κ2) is 7.59. The Kier molecular flexibility index (Phi) is 5.27. The molecule has 1 aromatic rings. The molecule has 0 aliphatic carbocycles. The Balaban J connectivity index is 1.52. The van der Waals surface area contributed by atoms with Gasteiger partial charge in [-0.15, -0.1) is 0 Å². The van der Waals surface area contributed by atoms with Crippen molar-refractivity contribution in [2.45, 2.75) is 12.5 Å². The molecule has 8 nitrogen and oxygen atoms in total. The van der Waals surface area contributed by atoms with Gasteiger partial charge in [-0.05, 0) is 6.07 Å². The lowest BCUT2D eigenvalue weighted by Crippen LogP contribution is -2.50. The summed E-state index contributed by atoms with van der Waals surface area (Å²) in [6.07, 6.45) is 0.366. The first-order valence-electron chi connectivity index (χ1n) is 8.23. The van der Waals surface area contributed by atoms with Gasteiger partial charge >= 0.3 is 0 Å². The molecule has 1 aromatic carbocycles. The largest absolute Gasteiger partial charge is 0.375 e.